The van der Waals surface area contributed by atoms with E-state index in [1.54, 1.807) is 30.3 Å². The van der Waals surface area contributed by atoms with Crippen molar-refractivity contribution < 1.29 is 14.3 Å². The van der Waals surface area contributed by atoms with Gasteiger partial charge in [-0.05, 0) is 23.8 Å². The van der Waals surface area contributed by atoms with Crippen LogP contribution in [0.2, 0.25) is 0 Å². The van der Waals surface area contributed by atoms with Gasteiger partial charge < -0.3 is 15.3 Å². The molecule has 0 aliphatic heterocycles. The van der Waals surface area contributed by atoms with E-state index in [1.165, 1.54) is 6.26 Å². The Morgan fingerprint density at radius 2 is 2.13 bits per heavy atom. The SMILES string of the molecule is Nc1cccc(-c2ccoc2C(=O)O)c1. The molecule has 0 saturated carbocycles. The van der Waals surface area contributed by atoms with Crippen LogP contribution < -0.4 is 5.73 Å². The predicted octanol–water partition coefficient (Wildman–Crippen LogP) is 2.23. The van der Waals surface area contributed by atoms with Crippen LogP contribution >= 0.6 is 0 Å². The Balaban J connectivity index is 2.54. The van der Waals surface area contributed by atoms with Crippen molar-refractivity contribution in [2.75, 3.05) is 5.73 Å². The van der Waals surface area contributed by atoms with E-state index >= 15 is 0 Å². The highest BCUT2D eigenvalue weighted by Crippen LogP contribution is 2.26. The Labute approximate surface area is 85.9 Å². The first-order valence-corrected chi connectivity index (χ1v) is 4.35. The molecule has 3 N–H and O–H groups in total. The second-order valence-electron chi connectivity index (χ2n) is 3.09. The van der Waals surface area contributed by atoms with Crippen molar-refractivity contribution in [1.29, 1.82) is 0 Å². The number of furan rings is 1. The molecule has 0 aliphatic carbocycles. The zero-order chi connectivity index (χ0) is 10.8. The van der Waals surface area contributed by atoms with Crippen LogP contribution in [0.4, 0.5) is 5.69 Å². The summed E-state index contributed by atoms with van der Waals surface area (Å²) < 4.78 is 4.88. The van der Waals surface area contributed by atoms with E-state index in [-0.39, 0.29) is 5.76 Å². The maximum absolute atomic E-state index is 10.8. The Bertz CT molecular complexity index is 502. The van der Waals surface area contributed by atoms with Gasteiger partial charge in [-0.3, -0.25) is 0 Å². The van der Waals surface area contributed by atoms with Gasteiger partial charge in [-0.1, -0.05) is 12.1 Å². The highest BCUT2D eigenvalue weighted by Gasteiger charge is 2.15. The van der Waals surface area contributed by atoms with Gasteiger partial charge in [0.2, 0.25) is 5.76 Å². The third kappa shape index (κ3) is 1.69. The zero-order valence-electron chi connectivity index (χ0n) is 7.81. The third-order valence-corrected chi connectivity index (χ3v) is 2.06. The molecule has 0 bridgehead atoms. The zero-order valence-corrected chi connectivity index (χ0v) is 7.81. The Morgan fingerprint density at radius 1 is 1.33 bits per heavy atom. The van der Waals surface area contributed by atoms with Crippen LogP contribution in [-0.4, -0.2) is 11.1 Å². The standard InChI is InChI=1S/C11H9NO3/c12-8-3-1-2-7(6-8)9-4-5-15-10(9)11(13)14/h1-6H,12H2,(H,13,14). The van der Waals surface area contributed by atoms with Crippen LogP contribution in [0.3, 0.4) is 0 Å². The smallest absolute Gasteiger partial charge is 0.372 e. The number of benzene rings is 1. The van der Waals surface area contributed by atoms with E-state index in [4.69, 9.17) is 15.3 Å². The van der Waals surface area contributed by atoms with Crippen LogP contribution in [0.1, 0.15) is 10.6 Å². The molecule has 0 amide bonds. The molecule has 0 spiro atoms. The first-order valence-electron chi connectivity index (χ1n) is 4.35. The van der Waals surface area contributed by atoms with Gasteiger partial charge in [0.1, 0.15) is 0 Å². The van der Waals surface area contributed by atoms with Gasteiger partial charge in [-0.25, -0.2) is 4.79 Å². The van der Waals surface area contributed by atoms with Gasteiger partial charge in [0.25, 0.3) is 0 Å². The lowest BCUT2D eigenvalue weighted by molar-refractivity contribution is 0.0663. The molecule has 1 aromatic carbocycles. The Morgan fingerprint density at radius 3 is 2.80 bits per heavy atom. The maximum atomic E-state index is 10.8. The molecule has 0 saturated heterocycles. The fraction of sp³-hybridized carbons (Fsp3) is 0. The molecular formula is C11H9NO3. The number of nitrogens with two attached hydrogens (primary N) is 1. The van der Waals surface area contributed by atoms with Crippen LogP contribution in [0.25, 0.3) is 11.1 Å². The molecule has 0 radical (unpaired) electrons. The molecule has 0 aliphatic rings. The summed E-state index contributed by atoms with van der Waals surface area (Å²) in [6, 6.07) is 8.61. The maximum Gasteiger partial charge on any atom is 0.372 e. The largest absolute Gasteiger partial charge is 0.475 e. The number of carbonyl (C=O) groups is 1. The van der Waals surface area contributed by atoms with E-state index in [9.17, 15) is 4.79 Å². The average molecular weight is 203 g/mol. The summed E-state index contributed by atoms with van der Waals surface area (Å²) in [5.74, 6) is -1.15. The average Bonchev–Trinajstić information content (AvgIpc) is 2.65. The number of carboxylic acid groups (broad SMARTS) is 1. The summed E-state index contributed by atoms with van der Waals surface area (Å²) in [5, 5.41) is 8.86. The van der Waals surface area contributed by atoms with Crippen molar-refractivity contribution in [2.45, 2.75) is 0 Å². The number of rotatable bonds is 2. The number of aromatic carboxylic acids is 1. The summed E-state index contributed by atoms with van der Waals surface area (Å²) in [5.41, 5.74) is 7.47. The molecule has 76 valence electrons. The Kier molecular flexibility index (Phi) is 2.17. The van der Waals surface area contributed by atoms with E-state index in [0.717, 1.165) is 5.56 Å². The van der Waals surface area contributed by atoms with Crippen LogP contribution in [0, 0.1) is 0 Å². The van der Waals surface area contributed by atoms with Crippen LogP contribution in [0.15, 0.2) is 41.0 Å². The second kappa shape index (κ2) is 3.49. The molecule has 0 atom stereocenters. The van der Waals surface area contributed by atoms with Gasteiger partial charge >= 0.3 is 5.97 Å². The van der Waals surface area contributed by atoms with Gasteiger partial charge in [0.05, 0.1) is 6.26 Å². The van der Waals surface area contributed by atoms with Crippen molar-refractivity contribution in [3.05, 3.63) is 42.4 Å². The normalized spacial score (nSPS) is 10.1. The van der Waals surface area contributed by atoms with Crippen molar-refractivity contribution >= 4 is 11.7 Å². The first kappa shape index (κ1) is 9.33. The molecule has 2 rings (SSSR count). The number of anilines is 1. The van der Waals surface area contributed by atoms with Crippen molar-refractivity contribution in [2.24, 2.45) is 0 Å². The highest BCUT2D eigenvalue weighted by molar-refractivity contribution is 5.93. The van der Waals surface area contributed by atoms with E-state index in [2.05, 4.69) is 0 Å². The molecule has 15 heavy (non-hydrogen) atoms. The second-order valence-corrected chi connectivity index (χ2v) is 3.09. The molecule has 0 unspecified atom stereocenters. The minimum Gasteiger partial charge on any atom is -0.475 e. The van der Waals surface area contributed by atoms with Crippen molar-refractivity contribution in [3.63, 3.8) is 0 Å². The van der Waals surface area contributed by atoms with Gasteiger partial charge in [0, 0.05) is 11.3 Å². The fourth-order valence-electron chi connectivity index (χ4n) is 1.41. The van der Waals surface area contributed by atoms with E-state index in [0.29, 0.717) is 11.3 Å². The van der Waals surface area contributed by atoms with E-state index < -0.39 is 5.97 Å². The summed E-state index contributed by atoms with van der Waals surface area (Å²) >= 11 is 0. The molecule has 0 fully saturated rings. The number of nitrogen functional groups attached to an aromatic ring is 1. The molecule has 2 aromatic rings. The summed E-state index contributed by atoms with van der Waals surface area (Å²) in [7, 11) is 0. The third-order valence-electron chi connectivity index (χ3n) is 2.06. The number of hydrogen-bond acceptors (Lipinski definition) is 3. The summed E-state index contributed by atoms with van der Waals surface area (Å²) in [6.45, 7) is 0. The molecular weight excluding hydrogens is 194 g/mol. The summed E-state index contributed by atoms with van der Waals surface area (Å²) in [6.07, 6.45) is 1.35. The summed E-state index contributed by atoms with van der Waals surface area (Å²) in [4.78, 5) is 10.8. The molecule has 4 heteroatoms. The first-order chi connectivity index (χ1) is 7.18. The number of hydrogen-bond donors (Lipinski definition) is 2. The fourth-order valence-corrected chi connectivity index (χ4v) is 1.41. The van der Waals surface area contributed by atoms with Crippen molar-refractivity contribution in [1.82, 2.24) is 0 Å². The molecule has 1 aromatic heterocycles. The minimum absolute atomic E-state index is 0.0689. The monoisotopic (exact) mass is 203 g/mol. The van der Waals surface area contributed by atoms with Crippen LogP contribution in [0.5, 0.6) is 0 Å². The molecule has 4 nitrogen and oxygen atoms in total. The molecule has 1 heterocycles. The topological polar surface area (TPSA) is 76.5 Å². The van der Waals surface area contributed by atoms with Crippen LogP contribution in [-0.2, 0) is 0 Å². The lowest BCUT2D eigenvalue weighted by Gasteiger charge is -2.00. The Hall–Kier alpha value is -2.23. The number of carboxylic acids is 1. The minimum atomic E-state index is -1.09. The van der Waals surface area contributed by atoms with Gasteiger partial charge in [0.15, 0.2) is 0 Å². The predicted molar refractivity (Wildman–Crippen MR) is 55.5 cm³/mol. The quantitative estimate of drug-likeness (QED) is 0.733. The highest BCUT2D eigenvalue weighted by atomic mass is 16.4. The van der Waals surface area contributed by atoms with E-state index in [1.807, 2.05) is 0 Å². The van der Waals surface area contributed by atoms with Crippen molar-refractivity contribution in [3.8, 4) is 11.1 Å². The van der Waals surface area contributed by atoms with Gasteiger partial charge in [-0.2, -0.15) is 0 Å². The lowest BCUT2D eigenvalue weighted by atomic mass is 10.1. The van der Waals surface area contributed by atoms with Gasteiger partial charge in [-0.15, -0.1) is 0 Å². The lowest BCUT2D eigenvalue weighted by Crippen LogP contribution is -1.96.